The highest BCUT2D eigenvalue weighted by Gasteiger charge is 2.43. The van der Waals surface area contributed by atoms with Gasteiger partial charge in [0, 0.05) is 20.8 Å². The standard InChI is InChI=1S/C11H16N2O4.C2H6O/c14-6-11(3-1-2-4-11)13-10(17)8-7(15)5-12-9(8)16;1-3-2/h6-8,15H,1-5H2,(H,12,16)(H,13,17);1-2H3. The van der Waals surface area contributed by atoms with E-state index in [-0.39, 0.29) is 6.54 Å². The van der Waals surface area contributed by atoms with Crippen LogP contribution in [-0.2, 0) is 19.1 Å². The van der Waals surface area contributed by atoms with Gasteiger partial charge in [-0.05, 0) is 12.8 Å². The molecule has 1 saturated carbocycles. The molecule has 2 rings (SSSR count). The first-order chi connectivity index (χ1) is 9.49. The number of β-amino-alcohol motifs (C(OH)–C–C–N with tert-alkyl or cyclic N) is 1. The van der Waals surface area contributed by atoms with E-state index in [0.29, 0.717) is 12.8 Å². The average molecular weight is 286 g/mol. The van der Waals surface area contributed by atoms with Crippen LogP contribution in [0.4, 0.5) is 0 Å². The van der Waals surface area contributed by atoms with Gasteiger partial charge >= 0.3 is 0 Å². The Bertz CT molecular complexity index is 366. The number of hydrogen-bond acceptors (Lipinski definition) is 5. The van der Waals surface area contributed by atoms with Crippen LogP contribution in [-0.4, -0.2) is 55.6 Å². The molecule has 20 heavy (non-hydrogen) atoms. The van der Waals surface area contributed by atoms with Gasteiger partial charge in [0.05, 0.1) is 11.6 Å². The lowest BCUT2D eigenvalue weighted by atomic mass is 9.97. The first kappa shape index (κ1) is 16.6. The van der Waals surface area contributed by atoms with Gasteiger partial charge in [-0.15, -0.1) is 0 Å². The first-order valence-corrected chi connectivity index (χ1v) is 6.64. The predicted octanol–water partition coefficient (Wildman–Crippen LogP) is -1.02. The second kappa shape index (κ2) is 7.35. The summed E-state index contributed by atoms with van der Waals surface area (Å²) in [5.41, 5.74) is -0.834. The monoisotopic (exact) mass is 286 g/mol. The summed E-state index contributed by atoms with van der Waals surface area (Å²) < 4.78 is 4.25. The molecule has 0 aromatic heterocycles. The van der Waals surface area contributed by atoms with Crippen molar-refractivity contribution in [2.45, 2.75) is 37.3 Å². The van der Waals surface area contributed by atoms with E-state index in [1.807, 2.05) is 0 Å². The lowest BCUT2D eigenvalue weighted by molar-refractivity contribution is -0.138. The van der Waals surface area contributed by atoms with Crippen LogP contribution in [0.5, 0.6) is 0 Å². The van der Waals surface area contributed by atoms with Crippen LogP contribution < -0.4 is 10.6 Å². The van der Waals surface area contributed by atoms with E-state index in [1.165, 1.54) is 0 Å². The molecule has 7 nitrogen and oxygen atoms in total. The van der Waals surface area contributed by atoms with Crippen molar-refractivity contribution in [2.24, 2.45) is 5.92 Å². The minimum Gasteiger partial charge on any atom is -0.390 e. The number of hydrogen-bond donors (Lipinski definition) is 3. The Balaban J connectivity index is 0.000000612. The summed E-state index contributed by atoms with van der Waals surface area (Å²) >= 11 is 0. The number of carbonyl (C=O) groups excluding carboxylic acids is 3. The Morgan fingerprint density at radius 2 is 2.00 bits per heavy atom. The Hall–Kier alpha value is -1.47. The van der Waals surface area contributed by atoms with E-state index in [1.54, 1.807) is 14.2 Å². The van der Waals surface area contributed by atoms with Crippen LogP contribution in [0.1, 0.15) is 25.7 Å². The van der Waals surface area contributed by atoms with Crippen molar-refractivity contribution in [1.29, 1.82) is 0 Å². The molecule has 2 fully saturated rings. The lowest BCUT2D eigenvalue weighted by Gasteiger charge is -2.25. The summed E-state index contributed by atoms with van der Waals surface area (Å²) in [6, 6.07) is 0. The number of aliphatic hydroxyl groups excluding tert-OH is 1. The van der Waals surface area contributed by atoms with Gasteiger partial charge < -0.3 is 25.3 Å². The van der Waals surface area contributed by atoms with Gasteiger partial charge in [0.25, 0.3) is 0 Å². The molecule has 1 aliphatic heterocycles. The van der Waals surface area contributed by atoms with Gasteiger partial charge in [0.15, 0.2) is 0 Å². The zero-order valence-electron chi connectivity index (χ0n) is 11.8. The number of ether oxygens (including phenoxy) is 1. The van der Waals surface area contributed by atoms with Crippen molar-refractivity contribution < 1.29 is 24.2 Å². The van der Waals surface area contributed by atoms with E-state index in [2.05, 4.69) is 15.4 Å². The van der Waals surface area contributed by atoms with Crippen LogP contribution >= 0.6 is 0 Å². The molecule has 0 bridgehead atoms. The molecule has 2 aliphatic rings. The van der Waals surface area contributed by atoms with Crippen molar-refractivity contribution in [3.63, 3.8) is 0 Å². The molecule has 0 aromatic carbocycles. The highest BCUT2D eigenvalue weighted by atomic mass is 16.4. The van der Waals surface area contributed by atoms with Crippen LogP contribution in [0.25, 0.3) is 0 Å². The summed E-state index contributed by atoms with van der Waals surface area (Å²) in [5.74, 6) is -2.12. The molecule has 2 unspecified atom stereocenters. The minimum atomic E-state index is -1.09. The predicted molar refractivity (Wildman–Crippen MR) is 70.8 cm³/mol. The second-order valence-electron chi connectivity index (χ2n) is 5.17. The van der Waals surface area contributed by atoms with Crippen molar-refractivity contribution in [3.8, 4) is 0 Å². The zero-order chi connectivity index (χ0) is 15.2. The normalized spacial score (nSPS) is 27.2. The Kier molecular flexibility index (Phi) is 6.09. The largest absolute Gasteiger partial charge is 0.390 e. The van der Waals surface area contributed by atoms with Crippen LogP contribution in [0.15, 0.2) is 0 Å². The van der Waals surface area contributed by atoms with E-state index >= 15 is 0 Å². The van der Waals surface area contributed by atoms with Crippen LogP contribution in [0, 0.1) is 5.92 Å². The molecular weight excluding hydrogens is 264 g/mol. The second-order valence-corrected chi connectivity index (χ2v) is 5.17. The summed E-state index contributed by atoms with van der Waals surface area (Å²) in [6.45, 7) is 0.0883. The summed E-state index contributed by atoms with van der Waals surface area (Å²) in [4.78, 5) is 34.3. The van der Waals surface area contributed by atoms with Crippen molar-refractivity contribution in [3.05, 3.63) is 0 Å². The summed E-state index contributed by atoms with van der Waals surface area (Å²) in [6.07, 6.45) is 2.72. The molecule has 0 aromatic rings. The molecule has 1 aliphatic carbocycles. The molecule has 1 heterocycles. The van der Waals surface area contributed by atoms with Crippen molar-refractivity contribution in [1.82, 2.24) is 10.6 Å². The zero-order valence-corrected chi connectivity index (χ0v) is 11.8. The number of methoxy groups -OCH3 is 1. The SMILES string of the molecule is COC.O=CC1(NC(=O)C2C(=O)NCC2O)CCCC1. The quantitative estimate of drug-likeness (QED) is 0.455. The van der Waals surface area contributed by atoms with Crippen molar-refractivity contribution in [2.75, 3.05) is 20.8 Å². The highest BCUT2D eigenvalue weighted by Crippen LogP contribution is 2.28. The summed E-state index contributed by atoms with van der Waals surface area (Å²) in [7, 11) is 3.25. The van der Waals surface area contributed by atoms with Crippen molar-refractivity contribution >= 4 is 18.1 Å². The van der Waals surface area contributed by atoms with Gasteiger partial charge in [-0.1, -0.05) is 12.8 Å². The molecule has 0 radical (unpaired) electrons. The third-order valence-electron chi connectivity index (χ3n) is 3.53. The smallest absolute Gasteiger partial charge is 0.236 e. The van der Waals surface area contributed by atoms with E-state index in [4.69, 9.17) is 0 Å². The van der Waals surface area contributed by atoms with E-state index < -0.39 is 29.4 Å². The van der Waals surface area contributed by atoms with E-state index in [9.17, 15) is 19.5 Å². The highest BCUT2D eigenvalue weighted by molar-refractivity contribution is 6.03. The Morgan fingerprint density at radius 1 is 1.45 bits per heavy atom. The third kappa shape index (κ3) is 3.77. The molecule has 2 amide bonds. The maximum absolute atomic E-state index is 11.9. The van der Waals surface area contributed by atoms with E-state index in [0.717, 1.165) is 19.1 Å². The molecule has 1 saturated heterocycles. The topological polar surface area (TPSA) is 105 Å². The fraction of sp³-hybridized carbons (Fsp3) is 0.769. The van der Waals surface area contributed by atoms with Crippen LogP contribution in [0.2, 0.25) is 0 Å². The maximum atomic E-state index is 11.9. The number of amides is 2. The number of aliphatic hydroxyl groups is 1. The Labute approximate surface area is 118 Å². The first-order valence-electron chi connectivity index (χ1n) is 6.64. The molecule has 3 N–H and O–H groups in total. The molecule has 2 atom stereocenters. The maximum Gasteiger partial charge on any atom is 0.236 e. The fourth-order valence-electron chi connectivity index (χ4n) is 2.50. The third-order valence-corrected chi connectivity index (χ3v) is 3.53. The Morgan fingerprint density at radius 3 is 2.40 bits per heavy atom. The number of aldehydes is 1. The van der Waals surface area contributed by atoms with Gasteiger partial charge in [-0.25, -0.2) is 0 Å². The number of nitrogens with one attached hydrogen (secondary N) is 2. The average Bonchev–Trinajstić information content (AvgIpc) is 2.98. The summed E-state index contributed by atoms with van der Waals surface area (Å²) in [5, 5.41) is 14.6. The van der Waals surface area contributed by atoms with Gasteiger partial charge in [0.1, 0.15) is 12.2 Å². The number of rotatable bonds is 3. The minimum absolute atomic E-state index is 0.0883. The number of carbonyl (C=O) groups is 3. The fourth-order valence-corrected chi connectivity index (χ4v) is 2.50. The van der Waals surface area contributed by atoms with Crippen LogP contribution in [0.3, 0.4) is 0 Å². The van der Waals surface area contributed by atoms with Gasteiger partial charge in [-0.3, -0.25) is 9.59 Å². The molecular formula is C13H22N2O5. The molecule has 0 spiro atoms. The molecule has 7 heteroatoms. The lowest BCUT2D eigenvalue weighted by Crippen LogP contribution is -2.52. The van der Waals surface area contributed by atoms with Gasteiger partial charge in [0.2, 0.25) is 11.8 Å². The molecule has 114 valence electrons. The van der Waals surface area contributed by atoms with Gasteiger partial charge in [-0.2, -0.15) is 0 Å².